The molecule has 31 heavy (non-hydrogen) atoms. The highest BCUT2D eigenvalue weighted by molar-refractivity contribution is 5.58. The summed E-state index contributed by atoms with van der Waals surface area (Å²) in [6.45, 7) is 4.34. The zero-order valence-corrected chi connectivity index (χ0v) is 18.4. The Morgan fingerprint density at radius 1 is 0.871 bits per heavy atom. The third-order valence-electron chi connectivity index (χ3n) is 6.64. The average molecular weight is 430 g/mol. The Bertz CT molecular complexity index is 1010. The van der Waals surface area contributed by atoms with Gasteiger partial charge in [-0.2, -0.15) is 0 Å². The van der Waals surface area contributed by atoms with Crippen LogP contribution in [0.4, 0.5) is 0 Å². The van der Waals surface area contributed by atoms with E-state index in [1.165, 1.54) is 0 Å². The van der Waals surface area contributed by atoms with Crippen molar-refractivity contribution in [3.63, 3.8) is 0 Å². The Morgan fingerprint density at radius 2 is 1.55 bits per heavy atom. The fourth-order valence-electron chi connectivity index (χ4n) is 4.73. The zero-order valence-electron chi connectivity index (χ0n) is 18.4. The number of hydrogen-bond acceptors (Lipinski definition) is 8. The van der Waals surface area contributed by atoms with Crippen LogP contribution in [-0.4, -0.2) is 40.8 Å². The second kappa shape index (κ2) is 6.83. The van der Waals surface area contributed by atoms with Crippen LogP contribution >= 0.6 is 0 Å². The Morgan fingerprint density at radius 3 is 2.16 bits per heavy atom. The van der Waals surface area contributed by atoms with Gasteiger partial charge in [-0.25, -0.2) is 0 Å². The van der Waals surface area contributed by atoms with Gasteiger partial charge in [-0.05, 0) is 36.8 Å². The van der Waals surface area contributed by atoms with Gasteiger partial charge in [0.05, 0.1) is 34.5 Å². The van der Waals surface area contributed by atoms with Crippen LogP contribution in [0.15, 0.2) is 24.3 Å². The van der Waals surface area contributed by atoms with Gasteiger partial charge in [-0.3, -0.25) is 0 Å². The van der Waals surface area contributed by atoms with Crippen molar-refractivity contribution < 1.29 is 37.9 Å². The third-order valence-corrected chi connectivity index (χ3v) is 6.64. The molecule has 3 aliphatic heterocycles. The molecule has 0 bridgehead atoms. The van der Waals surface area contributed by atoms with Crippen LogP contribution in [0.1, 0.15) is 31.1 Å². The van der Waals surface area contributed by atoms with Gasteiger partial charge in [-0.15, -0.1) is 0 Å². The third kappa shape index (κ3) is 2.61. The monoisotopic (exact) mass is 430 g/mol. The van der Waals surface area contributed by atoms with Gasteiger partial charge >= 0.3 is 0 Å². The summed E-state index contributed by atoms with van der Waals surface area (Å²) in [5.41, 5.74) is 1.24. The van der Waals surface area contributed by atoms with Crippen molar-refractivity contribution in [3.8, 4) is 34.5 Å². The Kier molecular flexibility index (Phi) is 4.43. The Labute approximate surface area is 180 Å². The van der Waals surface area contributed by atoms with Crippen molar-refractivity contribution in [2.45, 2.75) is 31.3 Å². The molecule has 0 unspecified atom stereocenters. The lowest BCUT2D eigenvalue weighted by atomic mass is 9.85. The molecule has 2 aromatic carbocycles. The first kappa shape index (κ1) is 20.1. The molecule has 0 saturated carbocycles. The molecule has 0 aliphatic carbocycles. The first-order chi connectivity index (χ1) is 14.9. The summed E-state index contributed by atoms with van der Waals surface area (Å²) >= 11 is 0. The minimum atomic E-state index is -0.911. The van der Waals surface area contributed by atoms with E-state index in [2.05, 4.69) is 13.8 Å². The maximum absolute atomic E-state index is 6.62. The van der Waals surface area contributed by atoms with Gasteiger partial charge in [0.1, 0.15) is 5.60 Å². The van der Waals surface area contributed by atoms with Crippen molar-refractivity contribution in [1.82, 2.24) is 0 Å². The molecule has 8 nitrogen and oxygen atoms in total. The molecular formula is C23H26O8. The summed E-state index contributed by atoms with van der Waals surface area (Å²) in [7, 11) is 6.38. The molecule has 2 aromatic rings. The van der Waals surface area contributed by atoms with Crippen LogP contribution < -0.4 is 28.4 Å². The first-order valence-corrected chi connectivity index (χ1v) is 10.1. The fraction of sp³-hybridized carbons (Fsp3) is 0.478. The van der Waals surface area contributed by atoms with Gasteiger partial charge < -0.3 is 37.9 Å². The van der Waals surface area contributed by atoms with Crippen LogP contribution in [0.3, 0.4) is 0 Å². The van der Waals surface area contributed by atoms with Crippen molar-refractivity contribution in [2.75, 3.05) is 35.2 Å². The number of benzene rings is 2. The number of epoxide rings is 1. The standard InChI is InChI=1S/C23H26O8/c1-12-19(13-7-15(24-3)20(27-6)16(8-13)25-4)30-23(22(12,2)31-23)14-9-17(26-5)21-18(10-14)28-11-29-21/h7-10,12,19H,11H2,1-6H3/t12-,19+,22+,23+/m1/s1. The van der Waals surface area contributed by atoms with Crippen LogP contribution in [-0.2, 0) is 15.3 Å². The van der Waals surface area contributed by atoms with Crippen LogP contribution in [0.25, 0.3) is 0 Å². The van der Waals surface area contributed by atoms with Crippen molar-refractivity contribution in [3.05, 3.63) is 35.4 Å². The van der Waals surface area contributed by atoms with Gasteiger partial charge in [-0.1, -0.05) is 6.92 Å². The van der Waals surface area contributed by atoms with Crippen LogP contribution in [0, 0.1) is 5.92 Å². The molecule has 5 rings (SSSR count). The van der Waals surface area contributed by atoms with E-state index in [1.54, 1.807) is 28.4 Å². The summed E-state index contributed by atoms with van der Waals surface area (Å²) < 4.78 is 46.0. The predicted octanol–water partition coefficient (Wildman–Crippen LogP) is 3.80. The van der Waals surface area contributed by atoms with Gasteiger partial charge in [0.25, 0.3) is 0 Å². The quantitative estimate of drug-likeness (QED) is 0.641. The number of methoxy groups -OCH3 is 4. The summed E-state index contributed by atoms with van der Waals surface area (Å²) in [6.07, 6.45) is -0.246. The summed E-state index contributed by atoms with van der Waals surface area (Å²) in [4.78, 5) is 0. The normalized spacial score (nSPS) is 30.0. The maximum atomic E-state index is 6.62. The van der Waals surface area contributed by atoms with E-state index in [9.17, 15) is 0 Å². The lowest BCUT2D eigenvalue weighted by Gasteiger charge is -2.23. The topological polar surface area (TPSA) is 77.1 Å². The molecule has 4 atom stereocenters. The molecule has 0 spiro atoms. The van der Waals surface area contributed by atoms with E-state index in [1.807, 2.05) is 24.3 Å². The van der Waals surface area contributed by atoms with Crippen molar-refractivity contribution in [2.24, 2.45) is 5.92 Å². The van der Waals surface area contributed by atoms with Crippen molar-refractivity contribution in [1.29, 1.82) is 0 Å². The lowest BCUT2D eigenvalue weighted by Crippen LogP contribution is -2.21. The fourth-order valence-corrected chi connectivity index (χ4v) is 4.73. The summed E-state index contributed by atoms with van der Waals surface area (Å²) in [5.74, 6) is 2.65. The van der Waals surface area contributed by atoms with E-state index >= 15 is 0 Å². The van der Waals surface area contributed by atoms with Gasteiger partial charge in [0.15, 0.2) is 23.0 Å². The Hall–Kier alpha value is -2.84. The van der Waals surface area contributed by atoms with E-state index < -0.39 is 11.4 Å². The van der Waals surface area contributed by atoms with Crippen molar-refractivity contribution >= 4 is 0 Å². The lowest BCUT2D eigenvalue weighted by molar-refractivity contribution is -0.107. The molecule has 2 saturated heterocycles. The molecule has 8 heteroatoms. The first-order valence-electron chi connectivity index (χ1n) is 10.1. The number of ether oxygens (including phenoxy) is 8. The molecule has 166 valence electrons. The SMILES string of the molecule is COc1cc([C@H]2O[C@@]3(c4cc(OC)c5c(c4)OCO5)O[C@@]3(C)[C@@H]2C)cc(OC)c1OC. The number of rotatable bonds is 6. The molecule has 2 fully saturated rings. The molecule has 0 aromatic heterocycles. The minimum absolute atomic E-state index is 0.0479. The van der Waals surface area contributed by atoms with E-state index in [-0.39, 0.29) is 18.8 Å². The van der Waals surface area contributed by atoms with Gasteiger partial charge in [0, 0.05) is 11.5 Å². The number of fused-ring (bicyclic) bond motifs is 2. The maximum Gasteiger partial charge on any atom is 0.231 e. The van der Waals surface area contributed by atoms with E-state index in [4.69, 9.17) is 37.9 Å². The highest BCUT2D eigenvalue weighted by Crippen LogP contribution is 2.71. The highest BCUT2D eigenvalue weighted by Gasteiger charge is 2.79. The molecule has 0 radical (unpaired) electrons. The average Bonchev–Trinajstić information content (AvgIpc) is 3.07. The number of hydrogen-bond donors (Lipinski definition) is 0. The van der Waals surface area contributed by atoms with Crippen LogP contribution in [0.2, 0.25) is 0 Å². The smallest absolute Gasteiger partial charge is 0.231 e. The predicted molar refractivity (Wildman–Crippen MR) is 109 cm³/mol. The molecule has 3 heterocycles. The molecule has 0 N–H and O–H groups in total. The molecular weight excluding hydrogens is 404 g/mol. The van der Waals surface area contributed by atoms with Crippen LogP contribution in [0.5, 0.6) is 34.5 Å². The van der Waals surface area contributed by atoms with Gasteiger partial charge in [0.2, 0.25) is 24.1 Å². The minimum Gasteiger partial charge on any atom is -0.493 e. The van der Waals surface area contributed by atoms with E-state index in [0.29, 0.717) is 34.5 Å². The second-order valence-electron chi connectivity index (χ2n) is 8.02. The Balaban J connectivity index is 1.55. The summed E-state index contributed by atoms with van der Waals surface area (Å²) in [6, 6.07) is 7.64. The van der Waals surface area contributed by atoms with E-state index in [0.717, 1.165) is 11.1 Å². The second-order valence-corrected chi connectivity index (χ2v) is 8.02. The largest absolute Gasteiger partial charge is 0.493 e. The molecule has 3 aliphatic rings. The zero-order chi connectivity index (χ0) is 22.0. The molecule has 0 amide bonds. The highest BCUT2D eigenvalue weighted by atomic mass is 16.8. The summed E-state index contributed by atoms with van der Waals surface area (Å²) in [5, 5.41) is 0.